The standard InChI is InChI=1S/C30H30N6O5S2/c1-16-7-5-8-17(11-16)33-25(38)15-42-30-35-34-29(43-30)36-20-9-6-10-21(37)27(20)26(19(14-31)28(36)32)18-12-23(40-3)24(41-4)13-22(18)39-2/h5,7-8,11-13,26H,6,9-10,15,32H2,1-4H3,(H,33,38). The van der Waals surface area contributed by atoms with Gasteiger partial charge in [-0.15, -0.1) is 10.2 Å². The fraction of sp³-hybridized carbons (Fsp3) is 0.300. The van der Waals surface area contributed by atoms with Crippen molar-refractivity contribution in [2.45, 2.75) is 36.4 Å². The van der Waals surface area contributed by atoms with Gasteiger partial charge in [0.15, 0.2) is 21.6 Å². The molecule has 5 rings (SSSR count). The molecule has 1 amide bonds. The average molecular weight is 619 g/mol. The van der Waals surface area contributed by atoms with Crippen LogP contribution in [0.5, 0.6) is 17.2 Å². The highest BCUT2D eigenvalue weighted by Crippen LogP contribution is 2.50. The minimum Gasteiger partial charge on any atom is -0.496 e. The quantitative estimate of drug-likeness (QED) is 0.315. The molecule has 13 heteroatoms. The molecule has 3 N–H and O–H groups in total. The summed E-state index contributed by atoms with van der Waals surface area (Å²) < 4.78 is 17.2. The largest absolute Gasteiger partial charge is 0.496 e. The Kier molecular flexibility index (Phi) is 8.89. The molecule has 2 aromatic carbocycles. The third-order valence-electron chi connectivity index (χ3n) is 7.18. The average Bonchev–Trinajstić information content (AvgIpc) is 3.47. The van der Waals surface area contributed by atoms with Gasteiger partial charge < -0.3 is 25.3 Å². The predicted octanol–water partition coefficient (Wildman–Crippen LogP) is 4.91. The predicted molar refractivity (Wildman–Crippen MR) is 164 cm³/mol. The van der Waals surface area contributed by atoms with Gasteiger partial charge in [0.1, 0.15) is 11.6 Å². The lowest BCUT2D eigenvalue weighted by atomic mass is 9.75. The molecule has 0 saturated heterocycles. The Labute approximate surface area is 257 Å². The van der Waals surface area contributed by atoms with E-state index in [9.17, 15) is 14.9 Å². The van der Waals surface area contributed by atoms with Crippen LogP contribution in [0.15, 0.2) is 63.4 Å². The number of Topliss-reactive ketones (excluding diaryl/α,β-unsaturated/α-hetero) is 1. The summed E-state index contributed by atoms with van der Waals surface area (Å²) in [6.07, 6.45) is 1.51. The number of thioether (sulfide) groups is 1. The molecule has 43 heavy (non-hydrogen) atoms. The monoisotopic (exact) mass is 618 g/mol. The molecule has 3 aromatic rings. The number of nitriles is 1. The maximum atomic E-state index is 13.6. The van der Waals surface area contributed by atoms with Crippen molar-refractivity contribution < 1.29 is 23.8 Å². The summed E-state index contributed by atoms with van der Waals surface area (Å²) in [6.45, 7) is 1.96. The SMILES string of the molecule is COc1cc(OC)c(C2C(C#N)=C(N)N(c3nnc(SCC(=O)Nc4cccc(C)c4)s3)C3=C2C(=O)CCC3)cc1OC. The highest BCUT2D eigenvalue weighted by Gasteiger charge is 2.42. The van der Waals surface area contributed by atoms with Gasteiger partial charge in [0.25, 0.3) is 0 Å². The summed E-state index contributed by atoms with van der Waals surface area (Å²) in [5, 5.41) is 22.3. The molecule has 0 spiro atoms. The molecule has 1 unspecified atom stereocenters. The lowest BCUT2D eigenvalue weighted by molar-refractivity contribution is -0.116. The van der Waals surface area contributed by atoms with E-state index in [2.05, 4.69) is 21.6 Å². The molecule has 2 heterocycles. The molecule has 1 atom stereocenters. The van der Waals surface area contributed by atoms with Crippen LogP contribution in [0.3, 0.4) is 0 Å². The second kappa shape index (κ2) is 12.8. The van der Waals surface area contributed by atoms with Crippen molar-refractivity contribution in [3.8, 4) is 23.3 Å². The summed E-state index contributed by atoms with van der Waals surface area (Å²) in [7, 11) is 4.54. The van der Waals surface area contributed by atoms with E-state index in [1.54, 1.807) is 17.0 Å². The molecular weight excluding hydrogens is 589 g/mol. The molecule has 1 aliphatic heterocycles. The van der Waals surface area contributed by atoms with E-state index in [-0.39, 0.29) is 28.8 Å². The van der Waals surface area contributed by atoms with Crippen molar-refractivity contribution in [3.05, 3.63) is 70.2 Å². The summed E-state index contributed by atoms with van der Waals surface area (Å²) in [5.41, 5.74) is 10.3. The first kappa shape index (κ1) is 29.9. The molecule has 222 valence electrons. The number of carbonyl (C=O) groups excluding carboxylic acids is 2. The first-order valence-electron chi connectivity index (χ1n) is 13.4. The van der Waals surface area contributed by atoms with E-state index >= 15 is 0 Å². The molecular formula is C30H30N6O5S2. The number of nitrogens with zero attached hydrogens (tertiary/aromatic N) is 4. The van der Waals surface area contributed by atoms with Crippen molar-refractivity contribution in [2.24, 2.45) is 5.73 Å². The number of nitrogens with two attached hydrogens (primary N) is 1. The maximum absolute atomic E-state index is 13.6. The van der Waals surface area contributed by atoms with E-state index in [0.29, 0.717) is 62.8 Å². The Morgan fingerprint density at radius 2 is 1.88 bits per heavy atom. The van der Waals surface area contributed by atoms with E-state index in [4.69, 9.17) is 19.9 Å². The van der Waals surface area contributed by atoms with Crippen molar-refractivity contribution in [1.29, 1.82) is 5.26 Å². The van der Waals surface area contributed by atoms with Crippen molar-refractivity contribution in [3.63, 3.8) is 0 Å². The fourth-order valence-corrected chi connectivity index (χ4v) is 6.97. The third kappa shape index (κ3) is 5.89. The van der Waals surface area contributed by atoms with E-state index in [1.807, 2.05) is 31.2 Å². The molecule has 0 radical (unpaired) electrons. The smallest absolute Gasteiger partial charge is 0.234 e. The number of methoxy groups -OCH3 is 3. The van der Waals surface area contributed by atoms with Gasteiger partial charge in [0, 0.05) is 35.0 Å². The topological polar surface area (TPSA) is 153 Å². The van der Waals surface area contributed by atoms with Crippen LogP contribution in [0.25, 0.3) is 0 Å². The van der Waals surface area contributed by atoms with Gasteiger partial charge in [0.2, 0.25) is 11.0 Å². The highest BCUT2D eigenvalue weighted by molar-refractivity contribution is 8.01. The number of nitrogens with one attached hydrogen (secondary N) is 1. The van der Waals surface area contributed by atoms with Gasteiger partial charge >= 0.3 is 0 Å². The highest BCUT2D eigenvalue weighted by atomic mass is 32.2. The minimum atomic E-state index is -0.772. The molecule has 2 aliphatic rings. The Balaban J connectivity index is 1.49. The number of ether oxygens (including phenoxy) is 3. The first-order chi connectivity index (χ1) is 20.8. The van der Waals surface area contributed by atoms with Crippen molar-refractivity contribution in [1.82, 2.24) is 10.2 Å². The number of carbonyl (C=O) groups is 2. The van der Waals surface area contributed by atoms with Crippen molar-refractivity contribution >= 4 is 45.6 Å². The normalized spacial score (nSPS) is 16.5. The summed E-state index contributed by atoms with van der Waals surface area (Å²) in [6, 6.07) is 13.2. The van der Waals surface area contributed by atoms with Gasteiger partial charge in [0.05, 0.1) is 44.6 Å². The number of allylic oxidation sites excluding steroid dienone is 3. The van der Waals surface area contributed by atoms with Crippen LogP contribution in [0.1, 0.15) is 36.3 Å². The van der Waals surface area contributed by atoms with Gasteiger partial charge in [-0.05, 0) is 43.5 Å². The van der Waals surface area contributed by atoms with E-state index in [1.165, 1.54) is 44.4 Å². The van der Waals surface area contributed by atoms with Gasteiger partial charge in [-0.1, -0.05) is 35.2 Å². The van der Waals surface area contributed by atoms with Crippen LogP contribution in [0.2, 0.25) is 0 Å². The van der Waals surface area contributed by atoms with Crippen LogP contribution in [-0.2, 0) is 9.59 Å². The number of aryl methyl sites for hydroxylation is 1. The maximum Gasteiger partial charge on any atom is 0.234 e. The number of amides is 1. The molecule has 1 aromatic heterocycles. The second-order valence-electron chi connectivity index (χ2n) is 9.82. The zero-order chi connectivity index (χ0) is 30.7. The van der Waals surface area contributed by atoms with Crippen LogP contribution in [0.4, 0.5) is 10.8 Å². The number of hydrogen-bond acceptors (Lipinski definition) is 12. The number of anilines is 2. The number of aromatic nitrogens is 2. The van der Waals surface area contributed by atoms with E-state index < -0.39 is 5.92 Å². The van der Waals surface area contributed by atoms with Crippen molar-refractivity contribution in [2.75, 3.05) is 37.3 Å². The summed E-state index contributed by atoms with van der Waals surface area (Å²) in [4.78, 5) is 27.8. The van der Waals surface area contributed by atoms with E-state index in [0.717, 1.165) is 11.3 Å². The number of benzene rings is 2. The summed E-state index contributed by atoms with van der Waals surface area (Å²) in [5.74, 6) is 0.566. The summed E-state index contributed by atoms with van der Waals surface area (Å²) >= 11 is 2.48. The second-order valence-corrected chi connectivity index (χ2v) is 12.0. The van der Waals surface area contributed by atoms with Crippen LogP contribution in [-0.4, -0.2) is 49.0 Å². The molecule has 11 nitrogen and oxygen atoms in total. The molecule has 0 saturated carbocycles. The lowest BCUT2D eigenvalue weighted by Gasteiger charge is -2.38. The Bertz CT molecular complexity index is 1690. The Morgan fingerprint density at radius 3 is 2.58 bits per heavy atom. The Morgan fingerprint density at radius 1 is 1.14 bits per heavy atom. The zero-order valence-corrected chi connectivity index (χ0v) is 25.7. The number of rotatable bonds is 9. The minimum absolute atomic E-state index is 0.0831. The zero-order valence-electron chi connectivity index (χ0n) is 24.1. The number of ketones is 1. The molecule has 1 aliphatic carbocycles. The van der Waals surface area contributed by atoms with Gasteiger partial charge in [-0.2, -0.15) is 5.26 Å². The van der Waals surface area contributed by atoms with Crippen LogP contribution >= 0.6 is 23.1 Å². The van der Waals surface area contributed by atoms with Crippen LogP contribution in [0, 0.1) is 18.3 Å². The number of hydrogen-bond donors (Lipinski definition) is 2. The van der Waals surface area contributed by atoms with Gasteiger partial charge in [-0.3, -0.25) is 14.5 Å². The fourth-order valence-electron chi connectivity index (χ4n) is 5.29. The third-order valence-corrected chi connectivity index (χ3v) is 9.22. The first-order valence-corrected chi connectivity index (χ1v) is 15.2. The Hall–Kier alpha value is -4.54. The molecule has 0 fully saturated rings. The lowest BCUT2D eigenvalue weighted by Crippen LogP contribution is -2.38. The molecule has 0 bridgehead atoms. The van der Waals surface area contributed by atoms with Crippen LogP contribution < -0.4 is 30.2 Å². The van der Waals surface area contributed by atoms with Gasteiger partial charge in [-0.25, -0.2) is 0 Å².